The lowest BCUT2D eigenvalue weighted by atomic mass is 10.1. The summed E-state index contributed by atoms with van der Waals surface area (Å²) >= 11 is 0. The average Bonchev–Trinajstić information content (AvgIpc) is 2.91. The van der Waals surface area contributed by atoms with E-state index in [1.165, 1.54) is 0 Å². The van der Waals surface area contributed by atoms with Crippen molar-refractivity contribution in [2.24, 2.45) is 11.8 Å². The van der Waals surface area contributed by atoms with E-state index in [1.807, 2.05) is 66.7 Å². The first-order valence-electron chi connectivity index (χ1n) is 14.0. The summed E-state index contributed by atoms with van der Waals surface area (Å²) in [4.78, 5) is 13.9. The number of rotatable bonds is 17. The first-order chi connectivity index (χ1) is 18.4. The van der Waals surface area contributed by atoms with Crippen LogP contribution in [0.15, 0.2) is 91.0 Å². The molecule has 0 bridgehead atoms. The molecule has 3 aromatic rings. The number of halogens is 1. The summed E-state index contributed by atoms with van der Waals surface area (Å²) in [6.45, 7) is 13.1. The quantitative estimate of drug-likeness (QED) is 0.176. The molecular formula is C33H46ClNO4. The molecular weight excluding hydrogens is 510 g/mol. The molecule has 0 saturated heterocycles. The molecule has 0 aromatic heterocycles. The predicted molar refractivity (Wildman–Crippen MR) is 153 cm³/mol. The number of nitrogens with zero attached hydrogens (tertiary/aromatic N) is 1. The fraction of sp³-hybridized carbons (Fsp3) is 0.455. The van der Waals surface area contributed by atoms with Crippen LogP contribution < -0.4 is 21.9 Å². The number of hydroxylamine groups is 4. The molecule has 0 aliphatic heterocycles. The Bertz CT molecular complexity index is 958. The highest BCUT2D eigenvalue weighted by atomic mass is 35.5. The van der Waals surface area contributed by atoms with Crippen molar-refractivity contribution in [3.8, 4) is 11.5 Å². The monoisotopic (exact) mass is 555 g/mol. The van der Waals surface area contributed by atoms with Gasteiger partial charge in [-0.1, -0.05) is 94.4 Å². The highest BCUT2D eigenvalue weighted by Crippen LogP contribution is 2.26. The minimum Gasteiger partial charge on any atom is -1.00 e. The van der Waals surface area contributed by atoms with Gasteiger partial charge in [-0.05, 0) is 60.7 Å². The number of hydrogen-bond acceptors (Lipinski definition) is 4. The van der Waals surface area contributed by atoms with Gasteiger partial charge in [-0.25, -0.2) is 0 Å². The topological polar surface area (TPSA) is 36.9 Å². The van der Waals surface area contributed by atoms with E-state index < -0.39 is 0 Å². The van der Waals surface area contributed by atoms with Crippen molar-refractivity contribution < 1.29 is 36.4 Å². The second kappa shape index (κ2) is 17.2. The maximum atomic E-state index is 6.92. The lowest BCUT2D eigenvalue weighted by Gasteiger charge is -2.37. The van der Waals surface area contributed by atoms with Crippen LogP contribution in [-0.2, 0) is 16.2 Å². The molecule has 2 unspecified atom stereocenters. The van der Waals surface area contributed by atoms with Gasteiger partial charge in [-0.15, -0.1) is 0 Å². The SMILES string of the molecule is CC[N+](Cc1ccccc1)(OC(COc1ccccc1)CC(C)C)OC(COc1ccccc1)CC(C)C.[Cl-]. The third-order valence-electron chi connectivity index (χ3n) is 6.26. The summed E-state index contributed by atoms with van der Waals surface area (Å²) in [5.74, 6) is 2.58. The Kier molecular flexibility index (Phi) is 14.4. The molecule has 0 N–H and O–H groups in total. The van der Waals surface area contributed by atoms with Gasteiger partial charge in [0.2, 0.25) is 0 Å². The van der Waals surface area contributed by atoms with E-state index >= 15 is 0 Å². The van der Waals surface area contributed by atoms with Gasteiger partial charge in [0.25, 0.3) is 0 Å². The van der Waals surface area contributed by atoms with Gasteiger partial charge in [0, 0.05) is 5.56 Å². The molecule has 214 valence electrons. The average molecular weight is 556 g/mol. The van der Waals surface area contributed by atoms with Crippen molar-refractivity contribution in [3.63, 3.8) is 0 Å². The molecule has 2 atom stereocenters. The smallest absolute Gasteiger partial charge is 0.168 e. The largest absolute Gasteiger partial charge is 1.00 e. The Balaban J connectivity index is 0.00000533. The highest BCUT2D eigenvalue weighted by Gasteiger charge is 2.39. The molecule has 3 rings (SSSR count). The lowest BCUT2D eigenvalue weighted by molar-refractivity contribution is -1.26. The molecule has 0 fully saturated rings. The fourth-order valence-corrected chi connectivity index (χ4v) is 4.51. The number of ether oxygens (including phenoxy) is 2. The van der Waals surface area contributed by atoms with E-state index in [1.54, 1.807) is 0 Å². The van der Waals surface area contributed by atoms with Crippen LogP contribution in [0, 0.1) is 11.8 Å². The van der Waals surface area contributed by atoms with Gasteiger partial charge in [0.05, 0.1) is 0 Å². The van der Waals surface area contributed by atoms with Crippen LogP contribution in [-0.4, -0.2) is 36.8 Å². The summed E-state index contributed by atoms with van der Waals surface area (Å²) in [7, 11) is 0. The Morgan fingerprint density at radius 1 is 0.590 bits per heavy atom. The maximum Gasteiger partial charge on any atom is 0.168 e. The van der Waals surface area contributed by atoms with Crippen molar-refractivity contribution in [1.29, 1.82) is 0 Å². The van der Waals surface area contributed by atoms with Crippen LogP contribution in [0.4, 0.5) is 0 Å². The summed E-state index contributed by atoms with van der Waals surface area (Å²) < 4.78 is 12.3. The van der Waals surface area contributed by atoms with Crippen LogP contribution in [0.2, 0.25) is 0 Å². The number of quaternary nitrogens is 1. The van der Waals surface area contributed by atoms with Crippen molar-refractivity contribution in [2.45, 2.75) is 66.2 Å². The highest BCUT2D eigenvalue weighted by molar-refractivity contribution is 5.21. The fourth-order valence-electron chi connectivity index (χ4n) is 4.51. The second-order valence-corrected chi connectivity index (χ2v) is 10.7. The van der Waals surface area contributed by atoms with Gasteiger partial charge in [-0.2, -0.15) is 9.68 Å². The first-order valence-corrected chi connectivity index (χ1v) is 14.0. The Morgan fingerprint density at radius 2 is 0.974 bits per heavy atom. The second-order valence-electron chi connectivity index (χ2n) is 10.7. The minimum absolute atomic E-state index is 0. The van der Waals surface area contributed by atoms with Gasteiger partial charge in [0.15, 0.2) is 18.8 Å². The molecule has 0 spiro atoms. The molecule has 0 heterocycles. The summed E-state index contributed by atoms with van der Waals surface area (Å²) in [5.41, 5.74) is 1.16. The van der Waals surface area contributed by atoms with Gasteiger partial charge >= 0.3 is 0 Å². The van der Waals surface area contributed by atoms with E-state index in [-0.39, 0.29) is 29.4 Å². The van der Waals surface area contributed by atoms with Crippen LogP contribution in [0.1, 0.15) is 53.0 Å². The Hall–Kier alpha value is -2.57. The lowest BCUT2D eigenvalue weighted by Crippen LogP contribution is -3.00. The van der Waals surface area contributed by atoms with Crippen LogP contribution in [0.3, 0.4) is 0 Å². The van der Waals surface area contributed by atoms with E-state index in [0.29, 0.717) is 38.1 Å². The normalized spacial score (nSPS) is 14.3. The molecule has 0 aliphatic rings. The molecule has 39 heavy (non-hydrogen) atoms. The standard InChI is InChI=1S/C33H46NO4.ClH/c1-6-34(24-29-16-10-7-11-17-29,37-32(22-27(2)3)25-35-30-18-12-8-13-19-30)38-33(23-28(4)5)26-36-31-20-14-9-15-21-31;/h7-21,27-28,32-33H,6,22-26H2,1-5H3;1H/q+1;/p-1. The molecule has 0 aliphatic carbocycles. The van der Waals surface area contributed by atoms with Crippen molar-refractivity contribution >= 4 is 0 Å². The molecule has 0 saturated carbocycles. The van der Waals surface area contributed by atoms with Crippen LogP contribution >= 0.6 is 0 Å². The van der Waals surface area contributed by atoms with Crippen molar-refractivity contribution in [2.75, 3.05) is 19.8 Å². The Labute approximate surface area is 242 Å². The predicted octanol–water partition coefficient (Wildman–Crippen LogP) is 4.88. The molecule has 0 radical (unpaired) electrons. The van der Waals surface area contributed by atoms with Gasteiger partial charge in [-0.3, -0.25) is 0 Å². The zero-order valence-electron chi connectivity index (χ0n) is 24.2. The third-order valence-corrected chi connectivity index (χ3v) is 6.26. The van der Waals surface area contributed by atoms with E-state index in [0.717, 1.165) is 29.9 Å². The number of para-hydroxylation sites is 2. The van der Waals surface area contributed by atoms with Crippen LogP contribution in [0.5, 0.6) is 11.5 Å². The van der Waals surface area contributed by atoms with Gasteiger partial charge in [0.1, 0.15) is 31.3 Å². The summed E-state index contributed by atoms with van der Waals surface area (Å²) in [6, 6.07) is 30.3. The van der Waals surface area contributed by atoms with Crippen LogP contribution in [0.25, 0.3) is 0 Å². The maximum absolute atomic E-state index is 6.92. The third kappa shape index (κ3) is 12.0. The van der Waals surface area contributed by atoms with E-state index in [2.05, 4.69) is 58.9 Å². The van der Waals surface area contributed by atoms with E-state index in [9.17, 15) is 0 Å². The number of benzene rings is 3. The van der Waals surface area contributed by atoms with E-state index in [4.69, 9.17) is 19.1 Å². The first kappa shape index (κ1) is 32.6. The summed E-state index contributed by atoms with van der Waals surface area (Å²) in [5, 5.41) is 0. The minimum atomic E-state index is -0.145. The molecule has 5 nitrogen and oxygen atoms in total. The van der Waals surface area contributed by atoms with Crippen molar-refractivity contribution in [1.82, 2.24) is 0 Å². The van der Waals surface area contributed by atoms with Gasteiger partial charge < -0.3 is 21.9 Å². The Morgan fingerprint density at radius 3 is 1.33 bits per heavy atom. The van der Waals surface area contributed by atoms with Crippen molar-refractivity contribution in [3.05, 3.63) is 96.6 Å². The molecule has 6 heteroatoms. The molecule has 0 amide bonds. The number of hydrogen-bond donors (Lipinski definition) is 0. The zero-order chi connectivity index (χ0) is 27.2. The molecule has 3 aromatic carbocycles. The zero-order valence-corrected chi connectivity index (χ0v) is 24.9. The summed E-state index contributed by atoms with van der Waals surface area (Å²) in [6.07, 6.45) is 1.43.